The molecule has 1 atom stereocenters. The SMILES string of the molecule is CNC(=O)NC[C@@H]1CCCO1. The first kappa shape index (κ1) is 8.33. The number of hydrogen-bond acceptors (Lipinski definition) is 2. The molecule has 0 unspecified atom stereocenters. The molecule has 1 aliphatic heterocycles. The van der Waals surface area contributed by atoms with Crippen LogP contribution in [0.1, 0.15) is 12.8 Å². The third-order valence-corrected chi connectivity index (χ3v) is 1.74. The Morgan fingerprint density at radius 1 is 1.73 bits per heavy atom. The second kappa shape index (κ2) is 4.18. The van der Waals surface area contributed by atoms with Gasteiger partial charge >= 0.3 is 6.03 Å². The molecule has 0 aliphatic carbocycles. The van der Waals surface area contributed by atoms with E-state index >= 15 is 0 Å². The smallest absolute Gasteiger partial charge is 0.314 e. The van der Waals surface area contributed by atoms with Gasteiger partial charge in [0.1, 0.15) is 0 Å². The highest BCUT2D eigenvalue weighted by Crippen LogP contribution is 2.10. The van der Waals surface area contributed by atoms with E-state index in [1.165, 1.54) is 0 Å². The van der Waals surface area contributed by atoms with Gasteiger partial charge in [-0.2, -0.15) is 0 Å². The van der Waals surface area contributed by atoms with Crippen LogP contribution in [0.2, 0.25) is 0 Å². The summed E-state index contributed by atoms with van der Waals surface area (Å²) in [6.07, 6.45) is 2.40. The molecule has 0 aromatic rings. The van der Waals surface area contributed by atoms with Crippen molar-refractivity contribution in [2.75, 3.05) is 20.2 Å². The summed E-state index contributed by atoms with van der Waals surface area (Å²) in [5.41, 5.74) is 0. The first-order chi connectivity index (χ1) is 5.33. The first-order valence-electron chi connectivity index (χ1n) is 3.90. The molecule has 1 aliphatic rings. The fourth-order valence-corrected chi connectivity index (χ4v) is 1.10. The van der Waals surface area contributed by atoms with Crippen LogP contribution in [0.5, 0.6) is 0 Å². The summed E-state index contributed by atoms with van der Waals surface area (Å²) < 4.78 is 5.31. The molecule has 0 saturated carbocycles. The van der Waals surface area contributed by atoms with Crippen molar-refractivity contribution in [3.05, 3.63) is 0 Å². The van der Waals surface area contributed by atoms with Crippen molar-refractivity contribution in [2.45, 2.75) is 18.9 Å². The van der Waals surface area contributed by atoms with Gasteiger partial charge in [-0.25, -0.2) is 4.79 Å². The van der Waals surface area contributed by atoms with E-state index in [0.29, 0.717) is 6.54 Å². The van der Waals surface area contributed by atoms with Gasteiger partial charge in [-0.05, 0) is 12.8 Å². The van der Waals surface area contributed by atoms with Crippen LogP contribution in [0.15, 0.2) is 0 Å². The van der Waals surface area contributed by atoms with Crippen molar-refractivity contribution < 1.29 is 9.53 Å². The van der Waals surface area contributed by atoms with Crippen LogP contribution in [0.25, 0.3) is 0 Å². The van der Waals surface area contributed by atoms with E-state index < -0.39 is 0 Å². The zero-order valence-electron chi connectivity index (χ0n) is 6.72. The van der Waals surface area contributed by atoms with Crippen molar-refractivity contribution in [3.8, 4) is 0 Å². The van der Waals surface area contributed by atoms with E-state index in [2.05, 4.69) is 10.6 Å². The summed E-state index contributed by atoms with van der Waals surface area (Å²) in [6, 6.07) is -0.138. The molecule has 0 bridgehead atoms. The third kappa shape index (κ3) is 2.76. The van der Waals surface area contributed by atoms with Gasteiger partial charge in [0, 0.05) is 20.2 Å². The van der Waals surface area contributed by atoms with E-state index in [1.54, 1.807) is 7.05 Å². The number of carbonyl (C=O) groups excluding carboxylic acids is 1. The van der Waals surface area contributed by atoms with Gasteiger partial charge in [0.05, 0.1) is 6.10 Å². The van der Waals surface area contributed by atoms with E-state index in [1.807, 2.05) is 0 Å². The quantitative estimate of drug-likeness (QED) is 0.598. The molecule has 2 N–H and O–H groups in total. The minimum absolute atomic E-state index is 0.138. The van der Waals surface area contributed by atoms with Crippen LogP contribution in [0.3, 0.4) is 0 Å². The lowest BCUT2D eigenvalue weighted by Gasteiger charge is -2.09. The number of ether oxygens (including phenoxy) is 1. The van der Waals surface area contributed by atoms with E-state index in [9.17, 15) is 4.79 Å². The molecule has 1 heterocycles. The van der Waals surface area contributed by atoms with Crippen molar-refractivity contribution in [2.24, 2.45) is 0 Å². The highest BCUT2D eigenvalue weighted by Gasteiger charge is 2.15. The molecular formula is C7H14N2O2. The molecule has 1 rings (SSSR count). The maximum atomic E-state index is 10.7. The van der Waals surface area contributed by atoms with Gasteiger partial charge in [0.2, 0.25) is 0 Å². The Morgan fingerprint density at radius 2 is 2.55 bits per heavy atom. The monoisotopic (exact) mass is 158 g/mol. The Balaban J connectivity index is 2.06. The number of hydrogen-bond donors (Lipinski definition) is 2. The maximum absolute atomic E-state index is 10.7. The molecule has 0 radical (unpaired) electrons. The lowest BCUT2D eigenvalue weighted by atomic mass is 10.2. The van der Waals surface area contributed by atoms with Gasteiger partial charge < -0.3 is 15.4 Å². The fraction of sp³-hybridized carbons (Fsp3) is 0.857. The van der Waals surface area contributed by atoms with Gasteiger partial charge in [-0.1, -0.05) is 0 Å². The Kier molecular flexibility index (Phi) is 3.16. The van der Waals surface area contributed by atoms with Gasteiger partial charge in [-0.15, -0.1) is 0 Å². The summed E-state index contributed by atoms with van der Waals surface area (Å²) >= 11 is 0. The summed E-state index contributed by atoms with van der Waals surface area (Å²) in [4.78, 5) is 10.7. The molecular weight excluding hydrogens is 144 g/mol. The molecule has 11 heavy (non-hydrogen) atoms. The van der Waals surface area contributed by atoms with E-state index in [0.717, 1.165) is 19.4 Å². The molecule has 1 fully saturated rings. The third-order valence-electron chi connectivity index (χ3n) is 1.74. The number of rotatable bonds is 2. The minimum Gasteiger partial charge on any atom is -0.376 e. The maximum Gasteiger partial charge on any atom is 0.314 e. The van der Waals surface area contributed by atoms with Gasteiger partial charge in [-0.3, -0.25) is 0 Å². The van der Waals surface area contributed by atoms with Gasteiger partial charge in [0.15, 0.2) is 0 Å². The van der Waals surface area contributed by atoms with Crippen LogP contribution < -0.4 is 10.6 Å². The molecule has 64 valence electrons. The summed E-state index contributed by atoms with van der Waals surface area (Å²) in [5.74, 6) is 0. The summed E-state index contributed by atoms with van der Waals surface area (Å²) in [6.45, 7) is 1.46. The van der Waals surface area contributed by atoms with Gasteiger partial charge in [0.25, 0.3) is 0 Å². The normalized spacial score (nSPS) is 23.2. The average molecular weight is 158 g/mol. The van der Waals surface area contributed by atoms with Crippen LogP contribution in [-0.2, 0) is 4.74 Å². The lowest BCUT2D eigenvalue weighted by molar-refractivity contribution is 0.111. The Bertz CT molecular complexity index is 132. The molecule has 2 amide bonds. The lowest BCUT2D eigenvalue weighted by Crippen LogP contribution is -2.37. The average Bonchev–Trinajstić information content (AvgIpc) is 2.52. The predicted molar refractivity (Wildman–Crippen MR) is 41.4 cm³/mol. The molecule has 4 nitrogen and oxygen atoms in total. The Morgan fingerprint density at radius 3 is 3.09 bits per heavy atom. The second-order valence-electron chi connectivity index (χ2n) is 2.60. The number of amides is 2. The fourth-order valence-electron chi connectivity index (χ4n) is 1.10. The molecule has 0 spiro atoms. The van der Waals surface area contributed by atoms with E-state index in [-0.39, 0.29) is 12.1 Å². The largest absolute Gasteiger partial charge is 0.376 e. The zero-order chi connectivity index (χ0) is 8.10. The summed E-state index contributed by atoms with van der Waals surface area (Å²) in [7, 11) is 1.60. The van der Waals surface area contributed by atoms with E-state index in [4.69, 9.17) is 4.74 Å². The summed E-state index contributed by atoms with van der Waals surface area (Å²) in [5, 5.41) is 5.18. The van der Waals surface area contributed by atoms with Crippen molar-refractivity contribution in [1.82, 2.24) is 10.6 Å². The zero-order valence-corrected chi connectivity index (χ0v) is 6.72. The standard InChI is InChI=1S/C7H14N2O2/c1-8-7(10)9-5-6-3-2-4-11-6/h6H,2-5H2,1H3,(H2,8,9,10)/t6-/m0/s1. The topological polar surface area (TPSA) is 50.4 Å². The van der Waals surface area contributed by atoms with Crippen LogP contribution in [0.4, 0.5) is 4.79 Å². The Hall–Kier alpha value is -0.770. The van der Waals surface area contributed by atoms with Crippen LogP contribution in [-0.4, -0.2) is 32.3 Å². The Labute approximate surface area is 66.3 Å². The van der Waals surface area contributed by atoms with Crippen molar-refractivity contribution in [3.63, 3.8) is 0 Å². The number of nitrogens with one attached hydrogen (secondary N) is 2. The number of carbonyl (C=O) groups is 1. The predicted octanol–water partition coefficient (Wildman–Crippen LogP) is 0.0944. The number of urea groups is 1. The molecule has 1 saturated heterocycles. The van der Waals surface area contributed by atoms with Crippen LogP contribution >= 0.6 is 0 Å². The van der Waals surface area contributed by atoms with Crippen molar-refractivity contribution >= 4 is 6.03 Å². The van der Waals surface area contributed by atoms with Crippen LogP contribution in [0, 0.1) is 0 Å². The molecule has 0 aromatic carbocycles. The van der Waals surface area contributed by atoms with Crippen molar-refractivity contribution in [1.29, 1.82) is 0 Å². The second-order valence-corrected chi connectivity index (χ2v) is 2.60. The highest BCUT2D eigenvalue weighted by atomic mass is 16.5. The first-order valence-corrected chi connectivity index (χ1v) is 3.90. The minimum atomic E-state index is -0.138. The molecule has 0 aromatic heterocycles. The highest BCUT2D eigenvalue weighted by molar-refractivity contribution is 5.73. The molecule has 4 heteroatoms.